The number of cyclic esters (lactones) is 1. The Morgan fingerprint density at radius 1 is 1.11 bits per heavy atom. The first kappa shape index (κ1) is 24.7. The van der Waals surface area contributed by atoms with Crippen LogP contribution in [0.25, 0.3) is 0 Å². The molecule has 0 unspecified atom stereocenters. The summed E-state index contributed by atoms with van der Waals surface area (Å²) in [5, 5.41) is 13.7. The molecule has 192 valence electrons. The summed E-state index contributed by atoms with van der Waals surface area (Å²) in [4.78, 5) is 39.5. The van der Waals surface area contributed by atoms with Crippen molar-refractivity contribution in [1.82, 2.24) is 5.32 Å². The number of rotatable bonds is 2. The Kier molecular flexibility index (Phi) is 5.87. The van der Waals surface area contributed by atoms with Crippen LogP contribution >= 0.6 is 0 Å². The van der Waals surface area contributed by atoms with Crippen molar-refractivity contribution in [1.29, 1.82) is 0 Å². The van der Waals surface area contributed by atoms with Crippen LogP contribution in [-0.4, -0.2) is 51.9 Å². The fourth-order valence-electron chi connectivity index (χ4n) is 6.51. The SMILES string of the molecule is C[C@@H]1CC=C[C@@H]2[C@H]3O[C@]3(C)[C@@H](C)[C@@H]3[C@H](Cc4ccccc4)NC(=O)[C@]32OC(=O)OC=C[C@@](C)(O)C1=O. The number of amides is 1. The van der Waals surface area contributed by atoms with Crippen molar-refractivity contribution >= 4 is 17.8 Å². The Labute approximate surface area is 210 Å². The second kappa shape index (κ2) is 8.56. The van der Waals surface area contributed by atoms with Gasteiger partial charge >= 0.3 is 6.16 Å². The number of ether oxygens (including phenoxy) is 3. The molecule has 1 aliphatic carbocycles. The fourth-order valence-corrected chi connectivity index (χ4v) is 6.51. The van der Waals surface area contributed by atoms with E-state index in [-0.39, 0.29) is 29.9 Å². The Balaban J connectivity index is 1.58. The molecule has 1 saturated carbocycles. The third-order valence-corrected chi connectivity index (χ3v) is 8.64. The van der Waals surface area contributed by atoms with E-state index in [9.17, 15) is 19.5 Å². The summed E-state index contributed by atoms with van der Waals surface area (Å²) < 4.78 is 17.3. The first-order valence-electron chi connectivity index (χ1n) is 12.5. The molecule has 0 bridgehead atoms. The minimum atomic E-state index is -1.81. The van der Waals surface area contributed by atoms with Gasteiger partial charge in [-0.15, -0.1) is 0 Å². The van der Waals surface area contributed by atoms with Crippen LogP contribution in [0.2, 0.25) is 0 Å². The van der Waals surface area contributed by atoms with Crippen LogP contribution < -0.4 is 5.32 Å². The standard InChI is InChI=1S/C28H33NO7/c1-16-9-8-12-19-23-27(4,35-23)17(2)21-20(15-18-10-6-5-7-11-18)29-24(31)28(19,21)36-25(32)34-14-13-26(3,33)22(16)30/h5-8,10-14,16-17,19-21,23,33H,9,15H2,1-4H3,(H,29,31)/t16-,17+,19-,20+,21-,23-,26-,27-,28-/m1/s1. The molecule has 8 nitrogen and oxygen atoms in total. The van der Waals surface area contributed by atoms with Crippen molar-refractivity contribution in [2.24, 2.45) is 23.7 Å². The molecule has 2 N–H and O–H groups in total. The van der Waals surface area contributed by atoms with Gasteiger partial charge in [0.25, 0.3) is 5.91 Å². The van der Waals surface area contributed by atoms with Gasteiger partial charge in [0, 0.05) is 17.9 Å². The number of fused-ring (bicyclic) bond motifs is 2. The zero-order valence-corrected chi connectivity index (χ0v) is 21.0. The lowest BCUT2D eigenvalue weighted by molar-refractivity contribution is -0.153. The summed E-state index contributed by atoms with van der Waals surface area (Å²) in [6.45, 7) is 7.15. The second-order valence-electron chi connectivity index (χ2n) is 11.0. The Bertz CT molecular complexity index is 1130. The molecule has 36 heavy (non-hydrogen) atoms. The minimum Gasteiger partial charge on any atom is -0.416 e. The average molecular weight is 496 g/mol. The van der Waals surface area contributed by atoms with E-state index < -0.39 is 40.6 Å². The van der Waals surface area contributed by atoms with E-state index in [1.807, 2.05) is 56.3 Å². The maximum Gasteiger partial charge on any atom is 0.514 e. The molecule has 9 atom stereocenters. The van der Waals surface area contributed by atoms with Crippen LogP contribution in [0, 0.1) is 23.7 Å². The molecular weight excluding hydrogens is 462 g/mol. The normalized spacial score (nSPS) is 44.0. The van der Waals surface area contributed by atoms with Crippen LogP contribution in [0.4, 0.5) is 4.79 Å². The van der Waals surface area contributed by atoms with Crippen molar-refractivity contribution in [3.05, 3.63) is 60.4 Å². The zero-order valence-electron chi connectivity index (χ0n) is 21.0. The van der Waals surface area contributed by atoms with Gasteiger partial charge in [-0.3, -0.25) is 9.59 Å². The third kappa shape index (κ3) is 3.78. The highest BCUT2D eigenvalue weighted by Gasteiger charge is 2.78. The molecule has 3 fully saturated rings. The number of carbonyl (C=O) groups excluding carboxylic acids is 3. The number of epoxide rings is 1. The molecule has 0 aromatic heterocycles. The quantitative estimate of drug-likeness (QED) is 0.368. The van der Waals surface area contributed by atoms with Crippen molar-refractivity contribution < 1.29 is 33.7 Å². The number of hydrogen-bond acceptors (Lipinski definition) is 7. The smallest absolute Gasteiger partial charge is 0.416 e. The monoisotopic (exact) mass is 495 g/mol. The molecule has 1 aromatic carbocycles. The molecule has 4 aliphatic rings. The first-order valence-corrected chi connectivity index (χ1v) is 12.5. The van der Waals surface area contributed by atoms with Crippen LogP contribution in [0.1, 0.15) is 39.7 Å². The number of ketones is 1. The van der Waals surface area contributed by atoms with E-state index in [2.05, 4.69) is 5.32 Å². The highest BCUT2D eigenvalue weighted by molar-refractivity contribution is 5.92. The van der Waals surface area contributed by atoms with E-state index in [0.717, 1.165) is 17.9 Å². The van der Waals surface area contributed by atoms with Crippen LogP contribution in [-0.2, 0) is 30.2 Å². The molecule has 1 aromatic rings. The van der Waals surface area contributed by atoms with Crippen LogP contribution in [0.3, 0.4) is 0 Å². The Hall–Kier alpha value is -2.97. The lowest BCUT2D eigenvalue weighted by atomic mass is 9.59. The first-order chi connectivity index (χ1) is 17.0. The number of Topliss-reactive ketones (excluding diaryl/α,β-unsaturated/α-hetero) is 1. The van der Waals surface area contributed by atoms with Crippen molar-refractivity contribution in [2.45, 2.75) is 69.5 Å². The summed E-state index contributed by atoms with van der Waals surface area (Å²) in [5.41, 5.74) is -2.76. The maximum absolute atomic E-state index is 13.8. The summed E-state index contributed by atoms with van der Waals surface area (Å²) >= 11 is 0. The molecule has 3 aliphatic heterocycles. The van der Waals surface area contributed by atoms with Gasteiger partial charge in [-0.2, -0.15) is 0 Å². The fraction of sp³-hybridized carbons (Fsp3) is 0.536. The van der Waals surface area contributed by atoms with Crippen molar-refractivity contribution in [3.8, 4) is 0 Å². The third-order valence-electron chi connectivity index (χ3n) is 8.64. The van der Waals surface area contributed by atoms with Gasteiger partial charge in [0.1, 0.15) is 5.60 Å². The van der Waals surface area contributed by atoms with Gasteiger partial charge in [0.2, 0.25) is 5.60 Å². The molecule has 1 spiro atoms. The molecule has 8 heteroatoms. The minimum absolute atomic E-state index is 0.0972. The predicted molar refractivity (Wildman–Crippen MR) is 129 cm³/mol. The number of carbonyl (C=O) groups is 3. The van der Waals surface area contributed by atoms with Gasteiger partial charge in [-0.1, -0.05) is 56.3 Å². The van der Waals surface area contributed by atoms with E-state index in [4.69, 9.17) is 14.2 Å². The lowest BCUT2D eigenvalue weighted by Gasteiger charge is -2.45. The summed E-state index contributed by atoms with van der Waals surface area (Å²) in [5.74, 6) is -2.32. The average Bonchev–Trinajstić information content (AvgIpc) is 3.45. The summed E-state index contributed by atoms with van der Waals surface area (Å²) in [6.07, 6.45) is 5.28. The number of nitrogens with one attached hydrogen (secondary N) is 1. The van der Waals surface area contributed by atoms with Gasteiger partial charge in [0.05, 0.1) is 23.9 Å². The number of hydrogen-bond donors (Lipinski definition) is 2. The zero-order chi connectivity index (χ0) is 25.9. The molecular formula is C28H33NO7. The van der Waals surface area contributed by atoms with Gasteiger partial charge in [-0.05, 0) is 44.2 Å². The van der Waals surface area contributed by atoms with Gasteiger partial charge in [0.15, 0.2) is 5.78 Å². The summed E-state index contributed by atoms with van der Waals surface area (Å²) in [6, 6.07) is 9.58. The van der Waals surface area contributed by atoms with Gasteiger partial charge in [-0.25, -0.2) is 4.79 Å². The second-order valence-corrected chi connectivity index (χ2v) is 11.0. The van der Waals surface area contributed by atoms with Crippen molar-refractivity contribution in [3.63, 3.8) is 0 Å². The highest BCUT2D eigenvalue weighted by Crippen LogP contribution is 2.63. The van der Waals surface area contributed by atoms with E-state index in [0.29, 0.717) is 12.8 Å². The Morgan fingerprint density at radius 2 is 1.83 bits per heavy atom. The number of allylic oxidation sites excluding steroid dienone is 1. The topological polar surface area (TPSA) is 114 Å². The highest BCUT2D eigenvalue weighted by atomic mass is 16.7. The predicted octanol–water partition coefficient (Wildman–Crippen LogP) is 3.09. The molecule has 0 radical (unpaired) electrons. The molecule has 2 saturated heterocycles. The lowest BCUT2D eigenvalue weighted by Crippen LogP contribution is -2.61. The van der Waals surface area contributed by atoms with Crippen LogP contribution in [0.5, 0.6) is 0 Å². The Morgan fingerprint density at radius 3 is 2.56 bits per heavy atom. The van der Waals surface area contributed by atoms with E-state index in [1.54, 1.807) is 6.92 Å². The van der Waals surface area contributed by atoms with E-state index in [1.165, 1.54) is 6.92 Å². The number of benzene rings is 1. The summed E-state index contributed by atoms with van der Waals surface area (Å²) in [7, 11) is 0. The molecule has 5 rings (SSSR count). The van der Waals surface area contributed by atoms with Crippen molar-refractivity contribution in [2.75, 3.05) is 0 Å². The van der Waals surface area contributed by atoms with E-state index >= 15 is 0 Å². The molecule has 3 heterocycles. The maximum atomic E-state index is 13.8. The number of aliphatic hydroxyl groups is 1. The largest absolute Gasteiger partial charge is 0.514 e. The molecule has 1 amide bonds. The van der Waals surface area contributed by atoms with Crippen LogP contribution in [0.15, 0.2) is 54.8 Å². The van der Waals surface area contributed by atoms with Gasteiger partial charge < -0.3 is 24.6 Å².